The Bertz CT molecular complexity index is 478. The number of para-hydroxylation sites is 2. The first kappa shape index (κ1) is 15.6. The lowest BCUT2D eigenvalue weighted by atomic mass is 10.1. The van der Waals surface area contributed by atoms with Crippen LogP contribution in [0.5, 0.6) is 5.75 Å². The highest BCUT2D eigenvalue weighted by Gasteiger charge is 2.28. The average molecular weight is 292 g/mol. The van der Waals surface area contributed by atoms with Crippen LogP contribution in [0.3, 0.4) is 0 Å². The molecule has 5 nitrogen and oxygen atoms in total. The van der Waals surface area contributed by atoms with Gasteiger partial charge in [0.15, 0.2) is 0 Å². The molecule has 0 aromatic heterocycles. The zero-order valence-electron chi connectivity index (χ0n) is 12.7. The standard InChI is InChI=1S/C16H24N2O3/c1-3-13-11-21-12(2)10-18(13)16(19)8-9-20-15-7-5-4-6-14(15)17/h4-7,12-13H,3,8-11,17H2,1-2H3. The van der Waals surface area contributed by atoms with E-state index < -0.39 is 0 Å². The molecule has 5 heteroatoms. The smallest absolute Gasteiger partial charge is 0.226 e. The molecule has 1 saturated heterocycles. The largest absolute Gasteiger partial charge is 0.491 e. The molecule has 1 heterocycles. The van der Waals surface area contributed by atoms with Gasteiger partial charge in [-0.05, 0) is 25.5 Å². The minimum absolute atomic E-state index is 0.0995. The average Bonchev–Trinajstić information content (AvgIpc) is 2.49. The number of anilines is 1. The van der Waals surface area contributed by atoms with E-state index in [1.165, 1.54) is 0 Å². The molecule has 0 saturated carbocycles. The SMILES string of the molecule is CCC1COC(C)CN1C(=O)CCOc1ccccc1N. The lowest BCUT2D eigenvalue weighted by Crippen LogP contribution is -2.51. The predicted octanol–water partition coefficient (Wildman–Crippen LogP) is 2.06. The van der Waals surface area contributed by atoms with Gasteiger partial charge in [0.1, 0.15) is 5.75 Å². The molecule has 1 aromatic rings. The van der Waals surface area contributed by atoms with Crippen molar-refractivity contribution >= 4 is 11.6 Å². The Hall–Kier alpha value is -1.75. The van der Waals surface area contributed by atoms with Gasteiger partial charge in [-0.2, -0.15) is 0 Å². The molecule has 1 fully saturated rings. The molecule has 2 rings (SSSR count). The van der Waals surface area contributed by atoms with E-state index in [4.69, 9.17) is 15.2 Å². The number of nitrogens with two attached hydrogens (primary N) is 1. The van der Waals surface area contributed by atoms with Gasteiger partial charge in [0, 0.05) is 6.54 Å². The monoisotopic (exact) mass is 292 g/mol. The van der Waals surface area contributed by atoms with E-state index in [1.807, 2.05) is 30.0 Å². The lowest BCUT2D eigenvalue weighted by Gasteiger charge is -2.38. The third kappa shape index (κ3) is 4.11. The number of nitrogens with zero attached hydrogens (tertiary/aromatic N) is 1. The molecule has 0 aliphatic carbocycles. The molecule has 2 atom stereocenters. The minimum atomic E-state index is 0.0995. The van der Waals surface area contributed by atoms with Gasteiger partial charge in [-0.1, -0.05) is 19.1 Å². The number of hydrogen-bond acceptors (Lipinski definition) is 4. The minimum Gasteiger partial charge on any atom is -0.491 e. The summed E-state index contributed by atoms with van der Waals surface area (Å²) in [6.45, 7) is 5.69. The Morgan fingerprint density at radius 1 is 1.48 bits per heavy atom. The highest BCUT2D eigenvalue weighted by Crippen LogP contribution is 2.20. The summed E-state index contributed by atoms with van der Waals surface area (Å²) < 4.78 is 11.2. The van der Waals surface area contributed by atoms with E-state index in [9.17, 15) is 4.79 Å². The third-order valence-electron chi connectivity index (χ3n) is 3.75. The van der Waals surface area contributed by atoms with E-state index in [0.717, 1.165) is 6.42 Å². The lowest BCUT2D eigenvalue weighted by molar-refractivity contribution is -0.144. The van der Waals surface area contributed by atoms with Crippen molar-refractivity contribution in [3.8, 4) is 5.75 Å². The summed E-state index contributed by atoms with van der Waals surface area (Å²) in [6.07, 6.45) is 1.37. The second-order valence-electron chi connectivity index (χ2n) is 5.39. The zero-order valence-corrected chi connectivity index (χ0v) is 12.7. The predicted molar refractivity (Wildman–Crippen MR) is 82.2 cm³/mol. The van der Waals surface area contributed by atoms with Crippen molar-refractivity contribution in [3.05, 3.63) is 24.3 Å². The van der Waals surface area contributed by atoms with Gasteiger partial charge in [0.2, 0.25) is 5.91 Å². The second-order valence-corrected chi connectivity index (χ2v) is 5.39. The third-order valence-corrected chi connectivity index (χ3v) is 3.75. The van der Waals surface area contributed by atoms with Crippen molar-refractivity contribution in [2.24, 2.45) is 0 Å². The summed E-state index contributed by atoms with van der Waals surface area (Å²) in [6, 6.07) is 7.49. The topological polar surface area (TPSA) is 64.8 Å². The van der Waals surface area contributed by atoms with Crippen LogP contribution in [0, 0.1) is 0 Å². The molecule has 0 radical (unpaired) electrons. The Balaban J connectivity index is 1.84. The van der Waals surface area contributed by atoms with Crippen molar-refractivity contribution < 1.29 is 14.3 Å². The summed E-state index contributed by atoms with van der Waals surface area (Å²) in [5.74, 6) is 0.749. The normalized spacial score (nSPS) is 22.1. The highest BCUT2D eigenvalue weighted by molar-refractivity contribution is 5.76. The number of morpholine rings is 1. The molecule has 1 amide bonds. The van der Waals surface area contributed by atoms with Crippen molar-refractivity contribution in [3.63, 3.8) is 0 Å². The molecule has 0 bridgehead atoms. The van der Waals surface area contributed by atoms with E-state index in [-0.39, 0.29) is 18.1 Å². The van der Waals surface area contributed by atoms with Crippen molar-refractivity contribution in [1.82, 2.24) is 4.90 Å². The van der Waals surface area contributed by atoms with Crippen LogP contribution in [0.2, 0.25) is 0 Å². The molecule has 21 heavy (non-hydrogen) atoms. The maximum Gasteiger partial charge on any atom is 0.226 e. The first-order valence-corrected chi connectivity index (χ1v) is 7.50. The first-order valence-electron chi connectivity index (χ1n) is 7.50. The number of hydrogen-bond donors (Lipinski definition) is 1. The quantitative estimate of drug-likeness (QED) is 0.844. The maximum atomic E-state index is 12.3. The molecule has 2 unspecified atom stereocenters. The highest BCUT2D eigenvalue weighted by atomic mass is 16.5. The van der Waals surface area contributed by atoms with Gasteiger partial charge >= 0.3 is 0 Å². The van der Waals surface area contributed by atoms with Crippen LogP contribution >= 0.6 is 0 Å². The number of ether oxygens (including phenoxy) is 2. The Labute approximate surface area is 126 Å². The fraction of sp³-hybridized carbons (Fsp3) is 0.562. The van der Waals surface area contributed by atoms with Crippen LogP contribution in [-0.2, 0) is 9.53 Å². The fourth-order valence-corrected chi connectivity index (χ4v) is 2.49. The first-order chi connectivity index (χ1) is 10.1. The van der Waals surface area contributed by atoms with Crippen LogP contribution in [0.25, 0.3) is 0 Å². The Morgan fingerprint density at radius 2 is 2.24 bits per heavy atom. The Morgan fingerprint density at radius 3 is 2.95 bits per heavy atom. The number of amides is 1. The van der Waals surface area contributed by atoms with E-state index in [2.05, 4.69) is 6.92 Å². The molecule has 1 aromatic carbocycles. The zero-order chi connectivity index (χ0) is 15.2. The van der Waals surface area contributed by atoms with E-state index in [0.29, 0.717) is 37.6 Å². The summed E-state index contributed by atoms with van der Waals surface area (Å²) >= 11 is 0. The van der Waals surface area contributed by atoms with Gasteiger partial charge in [-0.25, -0.2) is 0 Å². The van der Waals surface area contributed by atoms with Crippen LogP contribution in [0.1, 0.15) is 26.7 Å². The van der Waals surface area contributed by atoms with Crippen LogP contribution in [0.4, 0.5) is 5.69 Å². The summed E-state index contributed by atoms with van der Waals surface area (Å²) in [5.41, 5.74) is 6.40. The molecular formula is C16H24N2O3. The number of rotatable bonds is 5. The summed E-state index contributed by atoms with van der Waals surface area (Å²) in [5, 5.41) is 0. The van der Waals surface area contributed by atoms with E-state index in [1.54, 1.807) is 6.07 Å². The van der Waals surface area contributed by atoms with Gasteiger partial charge in [-0.3, -0.25) is 4.79 Å². The van der Waals surface area contributed by atoms with Gasteiger partial charge in [-0.15, -0.1) is 0 Å². The second kappa shape index (κ2) is 7.31. The molecule has 2 N–H and O–H groups in total. The Kier molecular flexibility index (Phi) is 5.44. The number of carbonyl (C=O) groups is 1. The molecule has 1 aliphatic heterocycles. The van der Waals surface area contributed by atoms with E-state index >= 15 is 0 Å². The maximum absolute atomic E-state index is 12.3. The van der Waals surface area contributed by atoms with Crippen molar-refractivity contribution in [2.45, 2.75) is 38.8 Å². The number of carbonyl (C=O) groups excluding carboxylic acids is 1. The van der Waals surface area contributed by atoms with Crippen LogP contribution < -0.4 is 10.5 Å². The number of nitrogen functional groups attached to an aromatic ring is 1. The van der Waals surface area contributed by atoms with Crippen LogP contribution in [0.15, 0.2) is 24.3 Å². The van der Waals surface area contributed by atoms with Crippen LogP contribution in [-0.4, -0.2) is 42.7 Å². The molecule has 116 valence electrons. The van der Waals surface area contributed by atoms with Gasteiger partial charge in [0.25, 0.3) is 0 Å². The molecular weight excluding hydrogens is 268 g/mol. The van der Waals surface area contributed by atoms with Crippen molar-refractivity contribution in [1.29, 1.82) is 0 Å². The fourth-order valence-electron chi connectivity index (χ4n) is 2.49. The molecule has 0 spiro atoms. The van der Waals surface area contributed by atoms with Gasteiger partial charge in [0.05, 0.1) is 37.5 Å². The van der Waals surface area contributed by atoms with Crippen molar-refractivity contribution in [2.75, 3.05) is 25.5 Å². The summed E-state index contributed by atoms with van der Waals surface area (Å²) in [7, 11) is 0. The number of benzene rings is 1. The van der Waals surface area contributed by atoms with Gasteiger partial charge < -0.3 is 20.1 Å². The molecule has 1 aliphatic rings. The summed E-state index contributed by atoms with van der Waals surface area (Å²) in [4.78, 5) is 14.3.